The minimum Gasteiger partial charge on any atom is -0.455 e. The van der Waals surface area contributed by atoms with Crippen molar-refractivity contribution in [1.29, 1.82) is 0 Å². The number of para-hydroxylation sites is 1. The predicted octanol–water partition coefficient (Wildman–Crippen LogP) is 5.64. The van der Waals surface area contributed by atoms with E-state index in [0.717, 1.165) is 11.1 Å². The van der Waals surface area contributed by atoms with E-state index in [1.165, 1.54) is 11.8 Å². The molecule has 0 radical (unpaired) electrons. The average Bonchev–Trinajstić information content (AvgIpc) is 2.46. The smallest absolute Gasteiger partial charge is 0.153 e. The van der Waals surface area contributed by atoms with Crippen LogP contribution in [0.25, 0.3) is 10.9 Å². The van der Waals surface area contributed by atoms with Crippen LogP contribution in [0.5, 0.6) is 11.5 Å². The summed E-state index contributed by atoms with van der Waals surface area (Å²) in [6.45, 7) is 2.03. The summed E-state index contributed by atoms with van der Waals surface area (Å²) in [6, 6.07) is 13.4. The molecule has 2 aromatic carbocycles. The minimum atomic E-state index is 0.437. The van der Waals surface area contributed by atoms with Crippen LogP contribution in [0.4, 0.5) is 0 Å². The molecule has 0 aliphatic heterocycles. The number of nitrogens with zero attached hydrogens (tertiary/aromatic N) is 1. The van der Waals surface area contributed by atoms with E-state index in [1.807, 2.05) is 49.4 Å². The summed E-state index contributed by atoms with van der Waals surface area (Å²) >= 11 is 12.2. The van der Waals surface area contributed by atoms with Gasteiger partial charge in [-0.05, 0) is 25.1 Å². The van der Waals surface area contributed by atoms with Crippen LogP contribution < -0.4 is 4.74 Å². The van der Waals surface area contributed by atoms with Gasteiger partial charge in [0.1, 0.15) is 11.3 Å². The van der Waals surface area contributed by atoms with Gasteiger partial charge in [0.05, 0.1) is 10.0 Å². The molecule has 3 rings (SSSR count). The first-order chi connectivity index (χ1) is 9.65. The highest BCUT2D eigenvalue weighted by Gasteiger charge is 2.10. The molecule has 0 bridgehead atoms. The Morgan fingerprint density at radius 2 is 1.75 bits per heavy atom. The molecule has 0 spiro atoms. The van der Waals surface area contributed by atoms with Crippen LogP contribution in [0.2, 0.25) is 10.0 Å². The van der Waals surface area contributed by atoms with E-state index in [1.54, 1.807) is 0 Å². The van der Waals surface area contributed by atoms with Gasteiger partial charge in [0.2, 0.25) is 0 Å². The number of hydrogen-bond acceptors (Lipinski definition) is 2. The lowest BCUT2D eigenvalue weighted by molar-refractivity contribution is 0.487. The van der Waals surface area contributed by atoms with Crippen molar-refractivity contribution in [3.05, 3.63) is 64.3 Å². The summed E-state index contributed by atoms with van der Waals surface area (Å²) in [5, 5.41) is 1.71. The van der Waals surface area contributed by atoms with Gasteiger partial charge in [-0.15, -0.1) is 0 Å². The van der Waals surface area contributed by atoms with Crippen LogP contribution in [0.1, 0.15) is 5.56 Å². The van der Waals surface area contributed by atoms with E-state index in [-0.39, 0.29) is 0 Å². The molecule has 4 heteroatoms. The molecular weight excluding hydrogens is 293 g/mol. The number of aromatic nitrogens is 1. The molecule has 3 aromatic rings. The average molecular weight is 304 g/mol. The zero-order valence-electron chi connectivity index (χ0n) is 10.7. The Morgan fingerprint density at radius 3 is 2.50 bits per heavy atom. The SMILES string of the molecule is Cc1ccc(Oc2cccc3c(Cl)c(Cl)cnc23)cc1. The Balaban J connectivity index is 2.08. The van der Waals surface area contributed by atoms with Crippen molar-refractivity contribution >= 4 is 34.1 Å². The number of benzene rings is 2. The van der Waals surface area contributed by atoms with Gasteiger partial charge in [0.25, 0.3) is 0 Å². The van der Waals surface area contributed by atoms with E-state index in [9.17, 15) is 0 Å². The quantitative estimate of drug-likeness (QED) is 0.611. The van der Waals surface area contributed by atoms with Crippen molar-refractivity contribution < 1.29 is 4.74 Å². The number of pyridine rings is 1. The van der Waals surface area contributed by atoms with Gasteiger partial charge in [-0.25, -0.2) is 0 Å². The number of rotatable bonds is 2. The van der Waals surface area contributed by atoms with Gasteiger partial charge >= 0.3 is 0 Å². The Morgan fingerprint density at radius 1 is 1.00 bits per heavy atom. The van der Waals surface area contributed by atoms with Gasteiger partial charge in [-0.1, -0.05) is 53.0 Å². The molecule has 0 amide bonds. The standard InChI is InChI=1S/C16H11Cl2NO/c1-10-5-7-11(8-6-10)20-14-4-2-3-12-15(18)13(17)9-19-16(12)14/h2-9H,1H3. The topological polar surface area (TPSA) is 22.1 Å². The summed E-state index contributed by atoms with van der Waals surface area (Å²) in [5.74, 6) is 1.42. The molecule has 1 heterocycles. The highest BCUT2D eigenvalue weighted by molar-refractivity contribution is 6.45. The Hall–Kier alpha value is -1.77. The molecule has 20 heavy (non-hydrogen) atoms. The molecule has 0 saturated heterocycles. The van der Waals surface area contributed by atoms with Crippen molar-refractivity contribution in [2.45, 2.75) is 6.92 Å². The fourth-order valence-corrected chi connectivity index (χ4v) is 2.31. The third kappa shape index (κ3) is 2.45. The highest BCUT2D eigenvalue weighted by Crippen LogP contribution is 2.35. The normalized spacial score (nSPS) is 10.8. The molecule has 0 unspecified atom stereocenters. The Kier molecular flexibility index (Phi) is 3.51. The van der Waals surface area contributed by atoms with E-state index in [4.69, 9.17) is 27.9 Å². The molecule has 100 valence electrons. The number of hydrogen-bond donors (Lipinski definition) is 0. The summed E-state index contributed by atoms with van der Waals surface area (Å²) in [6.07, 6.45) is 1.54. The zero-order chi connectivity index (χ0) is 14.1. The van der Waals surface area contributed by atoms with E-state index in [0.29, 0.717) is 21.3 Å². The summed E-state index contributed by atoms with van der Waals surface area (Å²) in [5.41, 5.74) is 1.88. The highest BCUT2D eigenvalue weighted by atomic mass is 35.5. The summed E-state index contributed by atoms with van der Waals surface area (Å²) in [7, 11) is 0. The lowest BCUT2D eigenvalue weighted by Gasteiger charge is -2.09. The van der Waals surface area contributed by atoms with Crippen LogP contribution in [-0.4, -0.2) is 4.98 Å². The molecule has 0 atom stereocenters. The molecule has 0 aliphatic rings. The van der Waals surface area contributed by atoms with Crippen LogP contribution in [-0.2, 0) is 0 Å². The molecule has 1 aromatic heterocycles. The van der Waals surface area contributed by atoms with Crippen LogP contribution >= 0.6 is 23.2 Å². The molecule has 0 fully saturated rings. The maximum atomic E-state index is 6.19. The predicted molar refractivity (Wildman–Crippen MR) is 83.0 cm³/mol. The van der Waals surface area contributed by atoms with E-state index >= 15 is 0 Å². The fraction of sp³-hybridized carbons (Fsp3) is 0.0625. The van der Waals surface area contributed by atoms with Gasteiger partial charge in [0, 0.05) is 11.6 Å². The molecule has 0 saturated carbocycles. The second kappa shape index (κ2) is 5.31. The first-order valence-electron chi connectivity index (χ1n) is 6.12. The number of fused-ring (bicyclic) bond motifs is 1. The maximum absolute atomic E-state index is 6.19. The summed E-state index contributed by atoms with van der Waals surface area (Å²) in [4.78, 5) is 4.31. The first-order valence-corrected chi connectivity index (χ1v) is 6.88. The first kappa shape index (κ1) is 13.2. The lowest BCUT2D eigenvalue weighted by atomic mass is 10.2. The lowest BCUT2D eigenvalue weighted by Crippen LogP contribution is -1.89. The van der Waals surface area contributed by atoms with Crippen molar-refractivity contribution in [2.75, 3.05) is 0 Å². The second-order valence-electron chi connectivity index (χ2n) is 4.49. The van der Waals surface area contributed by atoms with Crippen molar-refractivity contribution in [1.82, 2.24) is 4.98 Å². The molecule has 0 N–H and O–H groups in total. The minimum absolute atomic E-state index is 0.437. The Labute approximate surface area is 126 Å². The van der Waals surface area contributed by atoms with Crippen molar-refractivity contribution in [3.8, 4) is 11.5 Å². The van der Waals surface area contributed by atoms with Gasteiger partial charge in [-0.2, -0.15) is 0 Å². The number of ether oxygens (including phenoxy) is 1. The third-order valence-corrected chi connectivity index (χ3v) is 3.79. The van der Waals surface area contributed by atoms with Crippen molar-refractivity contribution in [3.63, 3.8) is 0 Å². The van der Waals surface area contributed by atoms with E-state index < -0.39 is 0 Å². The molecular formula is C16H11Cl2NO. The van der Waals surface area contributed by atoms with Gasteiger partial charge in [-0.3, -0.25) is 4.98 Å². The molecule has 2 nitrogen and oxygen atoms in total. The Bertz CT molecular complexity index is 769. The number of aryl methyl sites for hydroxylation is 1. The van der Waals surface area contributed by atoms with Crippen LogP contribution in [0.3, 0.4) is 0 Å². The zero-order valence-corrected chi connectivity index (χ0v) is 12.2. The number of halogens is 2. The summed E-state index contributed by atoms with van der Waals surface area (Å²) < 4.78 is 5.88. The second-order valence-corrected chi connectivity index (χ2v) is 5.27. The van der Waals surface area contributed by atoms with Crippen LogP contribution in [0.15, 0.2) is 48.7 Å². The maximum Gasteiger partial charge on any atom is 0.153 e. The van der Waals surface area contributed by atoms with Gasteiger partial charge < -0.3 is 4.74 Å². The fourth-order valence-electron chi connectivity index (χ4n) is 1.95. The van der Waals surface area contributed by atoms with Gasteiger partial charge in [0.15, 0.2) is 5.75 Å². The van der Waals surface area contributed by atoms with Crippen molar-refractivity contribution in [2.24, 2.45) is 0 Å². The molecule has 0 aliphatic carbocycles. The third-order valence-electron chi connectivity index (χ3n) is 3.00. The van der Waals surface area contributed by atoms with Crippen LogP contribution in [0, 0.1) is 6.92 Å². The monoisotopic (exact) mass is 303 g/mol. The van der Waals surface area contributed by atoms with E-state index in [2.05, 4.69) is 4.98 Å². The largest absolute Gasteiger partial charge is 0.455 e.